The minimum Gasteiger partial charge on any atom is -0.467 e. The van der Waals surface area contributed by atoms with Gasteiger partial charge in [-0.3, -0.25) is 0 Å². The number of benzene rings is 1. The Morgan fingerprint density at radius 2 is 2.17 bits per heavy atom. The highest BCUT2D eigenvalue weighted by Crippen LogP contribution is 2.23. The molecule has 1 aromatic carbocycles. The molecular weight excluding hydrogens is 298 g/mol. The van der Waals surface area contributed by atoms with E-state index in [1.807, 2.05) is 31.2 Å². The van der Waals surface area contributed by atoms with E-state index in [4.69, 9.17) is 0 Å². The summed E-state index contributed by atoms with van der Waals surface area (Å²) in [6, 6.07) is 7.82. The molecule has 18 heavy (non-hydrogen) atoms. The van der Waals surface area contributed by atoms with Crippen LogP contribution in [0.3, 0.4) is 0 Å². The van der Waals surface area contributed by atoms with Crippen LogP contribution in [0, 0.1) is 0 Å². The largest absolute Gasteiger partial charge is 0.467 e. The molecule has 2 atom stereocenters. The minimum atomic E-state index is -1.52. The fourth-order valence-electron chi connectivity index (χ4n) is 1.58. The first-order chi connectivity index (χ1) is 8.38. The predicted molar refractivity (Wildman–Crippen MR) is 73.2 cm³/mol. The normalized spacial score (nSPS) is 15.8. The van der Waals surface area contributed by atoms with E-state index < -0.39 is 11.6 Å². The Kier molecular flexibility index (Phi) is 5.31. The van der Waals surface area contributed by atoms with Crippen molar-refractivity contribution in [2.75, 3.05) is 13.7 Å². The second-order valence-corrected chi connectivity index (χ2v) is 5.24. The van der Waals surface area contributed by atoms with Crippen LogP contribution in [0.25, 0.3) is 0 Å². The SMILES string of the molecule is COC(=O)C(C)(O)CN[C@H](C)c1ccccc1Br. The van der Waals surface area contributed by atoms with E-state index in [9.17, 15) is 9.90 Å². The molecule has 1 aromatic rings. The van der Waals surface area contributed by atoms with Crippen LogP contribution in [0.2, 0.25) is 0 Å². The molecule has 5 heteroatoms. The van der Waals surface area contributed by atoms with Gasteiger partial charge in [-0.15, -0.1) is 0 Å². The Bertz CT molecular complexity index is 420. The van der Waals surface area contributed by atoms with Crippen molar-refractivity contribution < 1.29 is 14.6 Å². The van der Waals surface area contributed by atoms with Gasteiger partial charge in [0.05, 0.1) is 7.11 Å². The van der Waals surface area contributed by atoms with Gasteiger partial charge in [0.2, 0.25) is 0 Å². The van der Waals surface area contributed by atoms with E-state index in [-0.39, 0.29) is 12.6 Å². The third-order valence-corrected chi connectivity index (χ3v) is 3.47. The summed E-state index contributed by atoms with van der Waals surface area (Å²) in [6.07, 6.45) is 0. The summed E-state index contributed by atoms with van der Waals surface area (Å²) in [5, 5.41) is 13.0. The molecule has 0 amide bonds. The van der Waals surface area contributed by atoms with Crippen molar-refractivity contribution in [3.63, 3.8) is 0 Å². The molecule has 1 unspecified atom stereocenters. The van der Waals surface area contributed by atoms with E-state index in [0.29, 0.717) is 0 Å². The molecule has 0 bridgehead atoms. The first kappa shape index (κ1) is 15.1. The third-order valence-electron chi connectivity index (χ3n) is 2.75. The third kappa shape index (κ3) is 3.80. The maximum atomic E-state index is 11.3. The molecule has 2 N–H and O–H groups in total. The zero-order valence-electron chi connectivity index (χ0n) is 10.7. The van der Waals surface area contributed by atoms with Crippen molar-refractivity contribution in [2.24, 2.45) is 0 Å². The van der Waals surface area contributed by atoms with Crippen LogP contribution in [0.1, 0.15) is 25.5 Å². The molecule has 4 nitrogen and oxygen atoms in total. The highest BCUT2D eigenvalue weighted by Gasteiger charge is 2.31. The quantitative estimate of drug-likeness (QED) is 0.816. The first-order valence-corrected chi connectivity index (χ1v) is 6.46. The predicted octanol–water partition coefficient (Wildman–Crippen LogP) is 2.02. The molecule has 0 saturated carbocycles. The Balaban J connectivity index is 2.64. The lowest BCUT2D eigenvalue weighted by Crippen LogP contribution is -2.46. The molecule has 0 spiro atoms. The average molecular weight is 316 g/mol. The summed E-state index contributed by atoms with van der Waals surface area (Å²) in [7, 11) is 1.26. The molecule has 0 saturated heterocycles. The van der Waals surface area contributed by atoms with Crippen LogP contribution in [-0.2, 0) is 9.53 Å². The lowest BCUT2D eigenvalue weighted by atomic mass is 10.0. The first-order valence-electron chi connectivity index (χ1n) is 5.67. The number of hydrogen-bond acceptors (Lipinski definition) is 4. The zero-order chi connectivity index (χ0) is 13.8. The van der Waals surface area contributed by atoms with E-state index in [1.54, 1.807) is 0 Å². The number of hydrogen-bond donors (Lipinski definition) is 2. The maximum Gasteiger partial charge on any atom is 0.338 e. The van der Waals surface area contributed by atoms with E-state index >= 15 is 0 Å². The molecule has 0 aliphatic carbocycles. The van der Waals surface area contributed by atoms with Crippen LogP contribution >= 0.6 is 15.9 Å². The van der Waals surface area contributed by atoms with Crippen LogP contribution in [-0.4, -0.2) is 30.3 Å². The van der Waals surface area contributed by atoms with Crippen molar-refractivity contribution in [3.05, 3.63) is 34.3 Å². The van der Waals surface area contributed by atoms with Gasteiger partial charge in [0.25, 0.3) is 0 Å². The van der Waals surface area contributed by atoms with Crippen molar-refractivity contribution in [2.45, 2.75) is 25.5 Å². The molecule has 0 aromatic heterocycles. The van der Waals surface area contributed by atoms with E-state index in [0.717, 1.165) is 10.0 Å². The fourth-order valence-corrected chi connectivity index (χ4v) is 2.21. The van der Waals surface area contributed by atoms with Gasteiger partial charge < -0.3 is 15.2 Å². The Hall–Kier alpha value is -0.910. The van der Waals surface area contributed by atoms with Gasteiger partial charge in [0, 0.05) is 17.1 Å². The summed E-state index contributed by atoms with van der Waals surface area (Å²) in [5.74, 6) is -0.644. The van der Waals surface area contributed by atoms with Crippen molar-refractivity contribution in [3.8, 4) is 0 Å². The highest BCUT2D eigenvalue weighted by molar-refractivity contribution is 9.10. The number of rotatable bonds is 5. The molecular formula is C13H18BrNO3. The van der Waals surface area contributed by atoms with Gasteiger partial charge in [-0.2, -0.15) is 0 Å². The second-order valence-electron chi connectivity index (χ2n) is 4.39. The number of halogens is 1. The van der Waals surface area contributed by atoms with Crippen molar-refractivity contribution in [1.82, 2.24) is 5.32 Å². The Morgan fingerprint density at radius 1 is 1.56 bits per heavy atom. The summed E-state index contributed by atoms with van der Waals surface area (Å²) in [4.78, 5) is 11.3. The van der Waals surface area contributed by atoms with E-state index in [2.05, 4.69) is 26.0 Å². The van der Waals surface area contributed by atoms with E-state index in [1.165, 1.54) is 14.0 Å². The number of carbonyl (C=O) groups is 1. The number of esters is 1. The van der Waals surface area contributed by atoms with Gasteiger partial charge in [0.15, 0.2) is 5.60 Å². The summed E-state index contributed by atoms with van der Waals surface area (Å²) in [5.41, 5.74) is -0.456. The van der Waals surface area contributed by atoms with Gasteiger partial charge in [0.1, 0.15) is 0 Å². The monoisotopic (exact) mass is 315 g/mol. The molecule has 0 aliphatic rings. The lowest BCUT2D eigenvalue weighted by molar-refractivity contribution is -0.160. The summed E-state index contributed by atoms with van der Waals surface area (Å²) >= 11 is 3.47. The summed E-state index contributed by atoms with van der Waals surface area (Å²) in [6.45, 7) is 3.52. The highest BCUT2D eigenvalue weighted by atomic mass is 79.9. The van der Waals surface area contributed by atoms with Crippen LogP contribution in [0.4, 0.5) is 0 Å². The number of nitrogens with one attached hydrogen (secondary N) is 1. The summed E-state index contributed by atoms with van der Waals surface area (Å²) < 4.78 is 5.53. The topological polar surface area (TPSA) is 58.6 Å². The maximum absolute atomic E-state index is 11.3. The zero-order valence-corrected chi connectivity index (χ0v) is 12.3. The van der Waals surface area contributed by atoms with Crippen LogP contribution in [0.5, 0.6) is 0 Å². The fraction of sp³-hybridized carbons (Fsp3) is 0.462. The van der Waals surface area contributed by atoms with Crippen LogP contribution < -0.4 is 5.32 Å². The Morgan fingerprint density at radius 3 is 2.72 bits per heavy atom. The molecule has 0 radical (unpaired) electrons. The van der Waals surface area contributed by atoms with Crippen molar-refractivity contribution in [1.29, 1.82) is 0 Å². The van der Waals surface area contributed by atoms with Gasteiger partial charge in [-0.25, -0.2) is 4.79 Å². The number of aliphatic hydroxyl groups is 1. The standard InChI is InChI=1S/C13H18BrNO3/c1-9(10-6-4-5-7-11(10)14)15-8-13(2,17)12(16)18-3/h4-7,9,15,17H,8H2,1-3H3/t9-,13?/m1/s1. The Labute approximate surface area is 115 Å². The number of ether oxygens (including phenoxy) is 1. The van der Waals surface area contributed by atoms with Crippen molar-refractivity contribution >= 4 is 21.9 Å². The van der Waals surface area contributed by atoms with Gasteiger partial charge >= 0.3 is 5.97 Å². The molecule has 0 heterocycles. The average Bonchev–Trinajstić information content (AvgIpc) is 2.35. The number of methoxy groups -OCH3 is 1. The van der Waals surface area contributed by atoms with Gasteiger partial charge in [-0.05, 0) is 25.5 Å². The smallest absolute Gasteiger partial charge is 0.338 e. The number of carbonyl (C=O) groups excluding carboxylic acids is 1. The van der Waals surface area contributed by atoms with Crippen LogP contribution in [0.15, 0.2) is 28.7 Å². The molecule has 1 rings (SSSR count). The van der Waals surface area contributed by atoms with Gasteiger partial charge in [-0.1, -0.05) is 34.1 Å². The molecule has 0 aliphatic heterocycles. The second kappa shape index (κ2) is 6.31. The molecule has 100 valence electrons. The minimum absolute atomic E-state index is 0.0108. The molecule has 0 fully saturated rings. The lowest BCUT2D eigenvalue weighted by Gasteiger charge is -2.24.